The van der Waals surface area contributed by atoms with Crippen molar-refractivity contribution in [1.29, 1.82) is 0 Å². The predicted molar refractivity (Wildman–Crippen MR) is 124 cm³/mol. The van der Waals surface area contributed by atoms with Gasteiger partial charge in [0.05, 0.1) is 24.0 Å². The number of halogens is 2. The van der Waals surface area contributed by atoms with Gasteiger partial charge in [0.1, 0.15) is 22.5 Å². The van der Waals surface area contributed by atoms with Gasteiger partial charge in [0.2, 0.25) is 11.0 Å². The molecular weight excluding hydrogens is 448 g/mol. The van der Waals surface area contributed by atoms with E-state index >= 15 is 0 Å². The van der Waals surface area contributed by atoms with Crippen molar-refractivity contribution in [3.05, 3.63) is 35.2 Å². The van der Waals surface area contributed by atoms with E-state index in [1.807, 2.05) is 11.9 Å². The zero-order valence-corrected chi connectivity index (χ0v) is 19.0. The smallest absolute Gasteiger partial charge is 0.233 e. The van der Waals surface area contributed by atoms with Crippen LogP contribution in [0.2, 0.25) is 0 Å². The Morgan fingerprint density at radius 3 is 2.88 bits per heavy atom. The molecule has 0 radical (unpaired) electrons. The van der Waals surface area contributed by atoms with Gasteiger partial charge in [-0.05, 0) is 44.5 Å². The van der Waals surface area contributed by atoms with Gasteiger partial charge in [0.15, 0.2) is 0 Å². The molecule has 11 heteroatoms. The molecule has 2 fully saturated rings. The molecule has 8 nitrogen and oxygen atoms in total. The van der Waals surface area contributed by atoms with Crippen LogP contribution in [0.5, 0.6) is 0 Å². The van der Waals surface area contributed by atoms with Crippen molar-refractivity contribution in [3.8, 4) is 5.13 Å². The third-order valence-electron chi connectivity index (χ3n) is 6.06. The van der Waals surface area contributed by atoms with E-state index < -0.39 is 18.0 Å². The molecule has 0 spiro atoms. The average molecular weight is 474 g/mol. The van der Waals surface area contributed by atoms with Crippen LogP contribution in [0.15, 0.2) is 18.7 Å². The number of alkyl halides is 1. The summed E-state index contributed by atoms with van der Waals surface area (Å²) in [5.41, 5.74) is 1.51. The second-order valence-corrected chi connectivity index (χ2v) is 9.68. The van der Waals surface area contributed by atoms with Crippen LogP contribution < -0.4 is 10.6 Å². The Balaban J connectivity index is 1.44. The van der Waals surface area contributed by atoms with Gasteiger partial charge in [-0.2, -0.15) is 5.10 Å². The minimum Gasteiger partial charge on any atom is -0.377 e. The summed E-state index contributed by atoms with van der Waals surface area (Å²) in [6, 6.07) is 2.31. The van der Waals surface area contributed by atoms with Gasteiger partial charge in [-0.1, -0.05) is 17.9 Å². The van der Waals surface area contributed by atoms with Crippen LogP contribution in [0.4, 0.5) is 14.5 Å². The lowest BCUT2D eigenvalue weighted by Gasteiger charge is -2.33. The number of piperidine rings is 1. The molecule has 1 aliphatic carbocycles. The highest BCUT2D eigenvalue weighted by Crippen LogP contribution is 2.32. The fourth-order valence-electron chi connectivity index (χ4n) is 4.10. The fourth-order valence-corrected chi connectivity index (χ4v) is 4.84. The lowest BCUT2D eigenvalue weighted by Crippen LogP contribution is -2.46. The first-order chi connectivity index (χ1) is 15.9. The molecule has 2 aromatic heterocycles. The van der Waals surface area contributed by atoms with Gasteiger partial charge in [-0.3, -0.25) is 4.79 Å². The van der Waals surface area contributed by atoms with E-state index in [0.717, 1.165) is 19.4 Å². The minimum absolute atomic E-state index is 0.0367. The lowest BCUT2D eigenvalue weighted by molar-refractivity contribution is -0.122. The normalized spacial score (nSPS) is 21.3. The largest absolute Gasteiger partial charge is 0.377 e. The van der Waals surface area contributed by atoms with Crippen LogP contribution in [0.1, 0.15) is 30.0 Å². The van der Waals surface area contributed by atoms with E-state index in [9.17, 15) is 13.6 Å². The molecule has 3 heterocycles. The SMILES string of the molecule is C=Cc1c2cc(F)cc(N[C@@H]3CCN(C)C[C@@H]3F)c2nn1-c1nnc(CNC(=O)C2CC2)s1. The second-order valence-electron chi connectivity index (χ2n) is 8.64. The van der Waals surface area contributed by atoms with E-state index in [-0.39, 0.29) is 11.8 Å². The Morgan fingerprint density at radius 1 is 1.33 bits per heavy atom. The lowest BCUT2D eigenvalue weighted by atomic mass is 10.0. The number of hydrogen-bond donors (Lipinski definition) is 2. The van der Waals surface area contributed by atoms with Gasteiger partial charge in [0.25, 0.3) is 0 Å². The van der Waals surface area contributed by atoms with Crippen LogP contribution in [0, 0.1) is 11.7 Å². The van der Waals surface area contributed by atoms with Crippen LogP contribution in [-0.2, 0) is 11.3 Å². The van der Waals surface area contributed by atoms with E-state index in [4.69, 9.17) is 0 Å². The molecule has 2 atom stereocenters. The summed E-state index contributed by atoms with van der Waals surface area (Å²) in [6.07, 6.45) is 2.99. The molecule has 1 amide bonds. The molecule has 1 saturated heterocycles. The third-order valence-corrected chi connectivity index (χ3v) is 6.96. The van der Waals surface area contributed by atoms with E-state index in [1.165, 1.54) is 23.5 Å². The Morgan fingerprint density at radius 2 is 2.15 bits per heavy atom. The van der Waals surface area contributed by atoms with Gasteiger partial charge in [0, 0.05) is 24.4 Å². The zero-order valence-electron chi connectivity index (χ0n) is 18.2. The van der Waals surface area contributed by atoms with Gasteiger partial charge in [-0.15, -0.1) is 10.2 Å². The molecule has 1 saturated carbocycles. The zero-order chi connectivity index (χ0) is 23.1. The minimum atomic E-state index is -1.07. The summed E-state index contributed by atoms with van der Waals surface area (Å²) in [5.74, 6) is -0.290. The van der Waals surface area contributed by atoms with Crippen LogP contribution in [0.3, 0.4) is 0 Å². The number of anilines is 1. The molecule has 1 aliphatic heterocycles. The van der Waals surface area contributed by atoms with E-state index in [1.54, 1.807) is 10.8 Å². The number of rotatable bonds is 7. The van der Waals surface area contributed by atoms with Crippen molar-refractivity contribution < 1.29 is 13.6 Å². The quantitative estimate of drug-likeness (QED) is 0.548. The molecule has 3 aromatic rings. The number of hydrogen-bond acceptors (Lipinski definition) is 7. The Bertz CT molecular complexity index is 1210. The maximum Gasteiger partial charge on any atom is 0.233 e. The van der Waals surface area contributed by atoms with Crippen molar-refractivity contribution in [1.82, 2.24) is 30.2 Å². The number of likely N-dealkylation sites (tertiary alicyclic amines) is 1. The van der Waals surface area contributed by atoms with Crippen LogP contribution >= 0.6 is 11.3 Å². The molecule has 2 N–H and O–H groups in total. The summed E-state index contributed by atoms with van der Waals surface area (Å²) in [5, 5.41) is 20.7. The highest BCUT2D eigenvalue weighted by Gasteiger charge is 2.30. The van der Waals surface area contributed by atoms with E-state index in [0.29, 0.717) is 51.9 Å². The molecule has 0 bridgehead atoms. The number of amides is 1. The number of nitrogens with one attached hydrogen (secondary N) is 2. The van der Waals surface area contributed by atoms with Gasteiger partial charge < -0.3 is 15.5 Å². The first kappa shape index (κ1) is 21.9. The first-order valence-electron chi connectivity index (χ1n) is 11.0. The number of carbonyl (C=O) groups excluding carboxylic acids is 1. The summed E-state index contributed by atoms with van der Waals surface area (Å²) in [6.45, 7) is 5.24. The molecule has 1 aromatic carbocycles. The summed E-state index contributed by atoms with van der Waals surface area (Å²) >= 11 is 1.29. The predicted octanol–water partition coefficient (Wildman–Crippen LogP) is 3.14. The molecule has 174 valence electrons. The number of benzene rings is 1. The van der Waals surface area contributed by atoms with Crippen molar-refractivity contribution in [3.63, 3.8) is 0 Å². The average Bonchev–Trinajstić information content (AvgIpc) is 3.42. The maximum atomic E-state index is 14.6. The monoisotopic (exact) mass is 473 g/mol. The van der Waals surface area contributed by atoms with Gasteiger partial charge in [-0.25, -0.2) is 13.5 Å². The van der Waals surface area contributed by atoms with Gasteiger partial charge >= 0.3 is 0 Å². The second kappa shape index (κ2) is 8.79. The van der Waals surface area contributed by atoms with Crippen molar-refractivity contribution in [2.75, 3.05) is 25.5 Å². The van der Waals surface area contributed by atoms with Crippen LogP contribution in [0.25, 0.3) is 22.1 Å². The third kappa shape index (κ3) is 4.47. The Kier molecular flexibility index (Phi) is 5.83. The molecule has 0 unspecified atom stereocenters. The summed E-state index contributed by atoms with van der Waals surface area (Å²) < 4.78 is 30.7. The standard InChI is InChI=1S/C22H25F2N7OS/c1-3-18-14-8-13(23)9-17(26-16-6-7-30(2)11-15(16)24)20(14)29-31(18)22-28-27-19(33-22)10-25-21(32)12-4-5-12/h3,8-9,12,15-16,26H,1,4-7,10-11H2,2H3,(H,25,32)/t15-,16+/m0/s1. The molecule has 5 rings (SSSR count). The highest BCUT2D eigenvalue weighted by atomic mass is 32.1. The summed E-state index contributed by atoms with van der Waals surface area (Å²) in [7, 11) is 1.88. The topological polar surface area (TPSA) is 88.0 Å². The maximum absolute atomic E-state index is 14.6. The number of aromatic nitrogens is 4. The van der Waals surface area contributed by atoms with Crippen LogP contribution in [-0.4, -0.2) is 63.1 Å². The summed E-state index contributed by atoms with van der Waals surface area (Å²) in [4.78, 5) is 13.8. The number of carbonyl (C=O) groups is 1. The van der Waals surface area contributed by atoms with E-state index in [2.05, 4.69) is 32.5 Å². The Hall–Kier alpha value is -2.92. The fraction of sp³-hybridized carbons (Fsp3) is 0.455. The first-order valence-corrected chi connectivity index (χ1v) is 11.8. The molecule has 33 heavy (non-hydrogen) atoms. The van der Waals surface area contributed by atoms with Crippen molar-refractivity contribution in [2.45, 2.75) is 38.0 Å². The van der Waals surface area contributed by atoms with Crippen molar-refractivity contribution in [2.24, 2.45) is 5.92 Å². The highest BCUT2D eigenvalue weighted by molar-refractivity contribution is 7.13. The number of fused-ring (bicyclic) bond motifs is 1. The van der Waals surface area contributed by atoms with Crippen molar-refractivity contribution >= 4 is 39.9 Å². The number of nitrogens with zero attached hydrogens (tertiary/aromatic N) is 5. The Labute approximate surface area is 193 Å². The molecule has 2 aliphatic rings. The molecular formula is C22H25F2N7OS.